The van der Waals surface area contributed by atoms with Gasteiger partial charge >= 0.3 is 0 Å². The molecule has 0 aromatic carbocycles. The molecule has 1 heterocycles. The van der Waals surface area contributed by atoms with Gasteiger partial charge in [0.05, 0.1) is 0 Å². The Bertz CT molecular complexity index is 70.6. The lowest BCUT2D eigenvalue weighted by Crippen LogP contribution is -2.21. The Morgan fingerprint density at radius 1 is 1.22 bits per heavy atom. The van der Waals surface area contributed by atoms with Crippen molar-refractivity contribution in [2.75, 3.05) is 13.1 Å². The van der Waals surface area contributed by atoms with Crippen molar-refractivity contribution in [3.05, 3.63) is 0 Å². The highest BCUT2D eigenvalue weighted by molar-refractivity contribution is 4.68. The van der Waals surface area contributed by atoms with Crippen LogP contribution in [-0.2, 0) is 0 Å². The van der Waals surface area contributed by atoms with Crippen molar-refractivity contribution in [3.8, 4) is 0 Å². The first-order chi connectivity index (χ1) is 4.30. The van der Waals surface area contributed by atoms with Crippen LogP contribution in [0.4, 0.5) is 0 Å². The van der Waals surface area contributed by atoms with E-state index in [1.165, 1.54) is 25.9 Å². The first kappa shape index (κ1) is 7.07. The van der Waals surface area contributed by atoms with Gasteiger partial charge < -0.3 is 5.32 Å². The van der Waals surface area contributed by atoms with Gasteiger partial charge in [-0.25, -0.2) is 0 Å². The molecule has 1 heteroatoms. The molecule has 2 atom stereocenters. The van der Waals surface area contributed by atoms with E-state index in [0.717, 1.165) is 11.8 Å². The Hall–Kier alpha value is -0.0400. The van der Waals surface area contributed by atoms with Crippen molar-refractivity contribution in [2.45, 2.75) is 26.7 Å². The van der Waals surface area contributed by atoms with E-state index in [1.54, 1.807) is 0 Å². The molecule has 0 bridgehead atoms. The molecule has 0 saturated carbocycles. The minimum Gasteiger partial charge on any atom is -0.316 e. The van der Waals surface area contributed by atoms with Gasteiger partial charge in [-0.3, -0.25) is 0 Å². The molecule has 0 radical (unpaired) electrons. The average molecular weight is 127 g/mol. The highest BCUT2D eigenvalue weighted by Crippen LogP contribution is 2.17. The van der Waals surface area contributed by atoms with Crippen LogP contribution in [0.15, 0.2) is 0 Å². The molecular weight excluding hydrogens is 110 g/mol. The van der Waals surface area contributed by atoms with Crippen LogP contribution < -0.4 is 5.32 Å². The standard InChI is InChI=1S/C8H17N/c1-7-4-3-5-9-6-8(7)2/h7-9H,3-6H2,1-2H3/t7-,8-/m0/s1. The second kappa shape index (κ2) is 3.21. The predicted octanol–water partition coefficient (Wildman–Crippen LogP) is 1.64. The van der Waals surface area contributed by atoms with Gasteiger partial charge in [-0.05, 0) is 37.8 Å². The van der Waals surface area contributed by atoms with Gasteiger partial charge in [0.25, 0.3) is 0 Å². The fraction of sp³-hybridized carbons (Fsp3) is 1.00. The summed E-state index contributed by atoms with van der Waals surface area (Å²) in [6.07, 6.45) is 2.78. The van der Waals surface area contributed by atoms with E-state index >= 15 is 0 Å². The molecule has 1 rings (SSSR count). The minimum absolute atomic E-state index is 0.882. The summed E-state index contributed by atoms with van der Waals surface area (Å²) in [6, 6.07) is 0. The Labute approximate surface area is 57.8 Å². The molecule has 1 nitrogen and oxygen atoms in total. The zero-order valence-corrected chi connectivity index (χ0v) is 6.48. The van der Waals surface area contributed by atoms with Gasteiger partial charge in [-0.15, -0.1) is 0 Å². The topological polar surface area (TPSA) is 12.0 Å². The van der Waals surface area contributed by atoms with Crippen LogP contribution in [0.3, 0.4) is 0 Å². The van der Waals surface area contributed by atoms with Crippen LogP contribution in [0.1, 0.15) is 26.7 Å². The predicted molar refractivity (Wildman–Crippen MR) is 40.4 cm³/mol. The van der Waals surface area contributed by atoms with E-state index in [4.69, 9.17) is 0 Å². The third-order valence-electron chi connectivity index (χ3n) is 2.45. The highest BCUT2D eigenvalue weighted by Gasteiger charge is 2.13. The molecule has 1 N–H and O–H groups in total. The summed E-state index contributed by atoms with van der Waals surface area (Å²) in [5.74, 6) is 1.81. The SMILES string of the molecule is C[C@H]1CCCNC[C@@H]1C. The second-order valence-corrected chi connectivity index (χ2v) is 3.30. The maximum Gasteiger partial charge on any atom is -0.00206 e. The first-order valence-electron chi connectivity index (χ1n) is 4.01. The van der Waals surface area contributed by atoms with Gasteiger partial charge in [0.1, 0.15) is 0 Å². The summed E-state index contributed by atoms with van der Waals surface area (Å²) in [7, 11) is 0. The van der Waals surface area contributed by atoms with E-state index in [9.17, 15) is 0 Å². The van der Waals surface area contributed by atoms with Crippen molar-refractivity contribution in [1.82, 2.24) is 5.32 Å². The summed E-state index contributed by atoms with van der Waals surface area (Å²) < 4.78 is 0. The average Bonchev–Trinajstić information content (AvgIpc) is 1.99. The third-order valence-corrected chi connectivity index (χ3v) is 2.45. The van der Waals surface area contributed by atoms with Gasteiger partial charge in [0, 0.05) is 0 Å². The van der Waals surface area contributed by atoms with E-state index in [2.05, 4.69) is 19.2 Å². The van der Waals surface area contributed by atoms with Gasteiger partial charge in [-0.1, -0.05) is 13.8 Å². The molecule has 0 spiro atoms. The van der Waals surface area contributed by atoms with E-state index in [-0.39, 0.29) is 0 Å². The second-order valence-electron chi connectivity index (χ2n) is 3.30. The Morgan fingerprint density at radius 3 is 2.78 bits per heavy atom. The van der Waals surface area contributed by atoms with Crippen LogP contribution in [0.25, 0.3) is 0 Å². The lowest BCUT2D eigenvalue weighted by molar-refractivity contribution is 0.383. The van der Waals surface area contributed by atoms with Crippen LogP contribution in [0.5, 0.6) is 0 Å². The Morgan fingerprint density at radius 2 is 2.00 bits per heavy atom. The normalized spacial score (nSPS) is 38.0. The lowest BCUT2D eigenvalue weighted by Gasteiger charge is -2.14. The number of hydrogen-bond acceptors (Lipinski definition) is 1. The van der Waals surface area contributed by atoms with Crippen LogP contribution >= 0.6 is 0 Å². The lowest BCUT2D eigenvalue weighted by atomic mass is 9.93. The van der Waals surface area contributed by atoms with Crippen LogP contribution in [0.2, 0.25) is 0 Å². The van der Waals surface area contributed by atoms with E-state index in [0.29, 0.717) is 0 Å². The first-order valence-corrected chi connectivity index (χ1v) is 4.01. The summed E-state index contributed by atoms with van der Waals surface area (Å²) >= 11 is 0. The van der Waals surface area contributed by atoms with Crippen molar-refractivity contribution in [2.24, 2.45) is 11.8 Å². The molecule has 0 unspecified atom stereocenters. The largest absolute Gasteiger partial charge is 0.316 e. The molecule has 0 aliphatic carbocycles. The Kier molecular flexibility index (Phi) is 2.52. The minimum atomic E-state index is 0.882. The van der Waals surface area contributed by atoms with Gasteiger partial charge in [-0.2, -0.15) is 0 Å². The molecule has 1 fully saturated rings. The zero-order valence-electron chi connectivity index (χ0n) is 6.48. The summed E-state index contributed by atoms with van der Waals surface area (Å²) in [5.41, 5.74) is 0. The molecule has 54 valence electrons. The fourth-order valence-electron chi connectivity index (χ4n) is 1.36. The molecule has 0 amide bonds. The number of nitrogens with one attached hydrogen (secondary N) is 1. The number of hydrogen-bond donors (Lipinski definition) is 1. The maximum absolute atomic E-state index is 3.43. The van der Waals surface area contributed by atoms with Crippen molar-refractivity contribution < 1.29 is 0 Å². The van der Waals surface area contributed by atoms with E-state index < -0.39 is 0 Å². The van der Waals surface area contributed by atoms with Gasteiger partial charge in [0.15, 0.2) is 0 Å². The van der Waals surface area contributed by atoms with Gasteiger partial charge in [0.2, 0.25) is 0 Å². The molecule has 1 saturated heterocycles. The highest BCUT2D eigenvalue weighted by atomic mass is 14.9. The van der Waals surface area contributed by atoms with E-state index in [1.807, 2.05) is 0 Å². The molecule has 0 aromatic heterocycles. The number of rotatable bonds is 0. The van der Waals surface area contributed by atoms with Crippen LogP contribution in [-0.4, -0.2) is 13.1 Å². The van der Waals surface area contributed by atoms with Crippen molar-refractivity contribution in [1.29, 1.82) is 0 Å². The quantitative estimate of drug-likeness (QED) is 0.521. The molecular formula is C8H17N. The third kappa shape index (κ3) is 1.98. The van der Waals surface area contributed by atoms with Crippen LogP contribution in [0, 0.1) is 11.8 Å². The summed E-state index contributed by atoms with van der Waals surface area (Å²) in [4.78, 5) is 0. The zero-order chi connectivity index (χ0) is 6.69. The Balaban J connectivity index is 2.32. The maximum atomic E-state index is 3.43. The smallest absolute Gasteiger partial charge is 0.00206 e. The fourth-order valence-corrected chi connectivity index (χ4v) is 1.36. The molecule has 0 aromatic rings. The molecule has 9 heavy (non-hydrogen) atoms. The summed E-state index contributed by atoms with van der Waals surface area (Å²) in [6.45, 7) is 7.15. The van der Waals surface area contributed by atoms with Crippen molar-refractivity contribution in [3.63, 3.8) is 0 Å². The molecule has 1 aliphatic rings. The van der Waals surface area contributed by atoms with Crippen molar-refractivity contribution >= 4 is 0 Å². The monoisotopic (exact) mass is 127 g/mol. The molecule has 1 aliphatic heterocycles. The summed E-state index contributed by atoms with van der Waals surface area (Å²) in [5, 5.41) is 3.43.